The minimum atomic E-state index is 0.00753. The lowest BCUT2D eigenvalue weighted by Gasteiger charge is -2.17. The third-order valence-corrected chi connectivity index (χ3v) is 4.36. The van der Waals surface area contributed by atoms with Gasteiger partial charge in [0.05, 0.1) is 12.5 Å². The largest absolute Gasteiger partial charge is 0.349 e. The van der Waals surface area contributed by atoms with Crippen LogP contribution in [0, 0.1) is 0 Å². The number of benzene rings is 1. The molecule has 114 valence electrons. The van der Waals surface area contributed by atoms with Gasteiger partial charge in [0.1, 0.15) is 0 Å². The van der Waals surface area contributed by atoms with Crippen LogP contribution in [-0.4, -0.2) is 10.9 Å². The van der Waals surface area contributed by atoms with Crippen LogP contribution in [0.25, 0.3) is 0 Å². The van der Waals surface area contributed by atoms with Crippen LogP contribution in [0.1, 0.15) is 48.1 Å². The molecule has 1 atom stereocenters. The van der Waals surface area contributed by atoms with Crippen molar-refractivity contribution in [1.29, 1.82) is 0 Å². The maximum absolute atomic E-state index is 12.2. The topological polar surface area (TPSA) is 42.0 Å². The molecule has 0 bridgehead atoms. The molecular weight excluding hydrogens is 272 g/mol. The number of nitrogens with one attached hydrogen (secondary N) is 1. The van der Waals surface area contributed by atoms with Gasteiger partial charge in [0.25, 0.3) is 0 Å². The van der Waals surface area contributed by atoms with Crippen LogP contribution in [0.15, 0.2) is 42.7 Å². The molecule has 0 aliphatic heterocycles. The highest BCUT2D eigenvalue weighted by Crippen LogP contribution is 2.22. The van der Waals surface area contributed by atoms with Gasteiger partial charge in [-0.2, -0.15) is 0 Å². The van der Waals surface area contributed by atoms with Crippen LogP contribution in [0.5, 0.6) is 0 Å². The zero-order valence-electron chi connectivity index (χ0n) is 13.0. The molecule has 0 radical (unpaired) electrons. The minimum Gasteiger partial charge on any atom is -0.349 e. The lowest BCUT2D eigenvalue weighted by molar-refractivity contribution is -0.121. The van der Waals surface area contributed by atoms with Gasteiger partial charge in [-0.05, 0) is 67.0 Å². The van der Waals surface area contributed by atoms with E-state index < -0.39 is 0 Å². The lowest BCUT2D eigenvalue weighted by Crippen LogP contribution is -2.28. The second-order valence-corrected chi connectivity index (χ2v) is 6.06. The highest BCUT2D eigenvalue weighted by molar-refractivity contribution is 5.79. The first kappa shape index (κ1) is 14.8. The van der Waals surface area contributed by atoms with Gasteiger partial charge in [0, 0.05) is 12.4 Å². The highest BCUT2D eigenvalue weighted by Gasteiger charge is 2.13. The Morgan fingerprint density at radius 1 is 1.14 bits per heavy atom. The number of fused-ring (bicyclic) bond motifs is 1. The molecule has 1 aliphatic carbocycles. The van der Waals surface area contributed by atoms with E-state index in [-0.39, 0.29) is 11.9 Å². The van der Waals surface area contributed by atoms with Gasteiger partial charge >= 0.3 is 0 Å². The van der Waals surface area contributed by atoms with Gasteiger partial charge in [0.2, 0.25) is 5.91 Å². The molecule has 0 saturated carbocycles. The number of carbonyl (C=O) groups is 1. The number of pyridine rings is 1. The molecule has 22 heavy (non-hydrogen) atoms. The Morgan fingerprint density at radius 2 is 1.86 bits per heavy atom. The van der Waals surface area contributed by atoms with E-state index in [1.807, 2.05) is 19.1 Å². The van der Waals surface area contributed by atoms with E-state index in [0.29, 0.717) is 6.42 Å². The Bertz CT molecular complexity index is 652. The van der Waals surface area contributed by atoms with Crippen LogP contribution >= 0.6 is 0 Å². The lowest BCUT2D eigenvalue weighted by atomic mass is 9.90. The fraction of sp³-hybridized carbons (Fsp3) is 0.368. The second-order valence-electron chi connectivity index (χ2n) is 6.06. The van der Waals surface area contributed by atoms with Gasteiger partial charge < -0.3 is 5.32 Å². The summed E-state index contributed by atoms with van der Waals surface area (Å²) in [6.45, 7) is 2.00. The Morgan fingerprint density at radius 3 is 2.64 bits per heavy atom. The Labute approximate surface area is 131 Å². The van der Waals surface area contributed by atoms with E-state index in [1.165, 1.54) is 30.4 Å². The van der Waals surface area contributed by atoms with E-state index in [2.05, 4.69) is 28.5 Å². The molecule has 3 rings (SSSR count). The van der Waals surface area contributed by atoms with Crippen LogP contribution in [0.2, 0.25) is 0 Å². The van der Waals surface area contributed by atoms with E-state index in [4.69, 9.17) is 0 Å². The molecule has 1 aromatic heterocycles. The van der Waals surface area contributed by atoms with Crippen LogP contribution in [0.4, 0.5) is 0 Å². The van der Waals surface area contributed by atoms with Crippen molar-refractivity contribution in [3.8, 4) is 0 Å². The van der Waals surface area contributed by atoms with Gasteiger partial charge in [-0.15, -0.1) is 0 Å². The van der Waals surface area contributed by atoms with E-state index in [9.17, 15) is 4.79 Å². The standard InChI is InChI=1S/C19H22N2O/c1-14(16-8-10-20-11-9-16)21-19(22)13-15-6-7-17-4-2-3-5-18(17)12-15/h6-12,14H,2-5,13H2,1H3,(H,21,22)/t14-/m1/s1. The molecule has 1 aliphatic rings. The number of hydrogen-bond acceptors (Lipinski definition) is 2. The zero-order valence-corrected chi connectivity index (χ0v) is 13.0. The van der Waals surface area contributed by atoms with Gasteiger partial charge in [-0.1, -0.05) is 18.2 Å². The summed E-state index contributed by atoms with van der Waals surface area (Å²) in [6, 6.07) is 10.4. The quantitative estimate of drug-likeness (QED) is 0.939. The fourth-order valence-corrected chi connectivity index (χ4v) is 3.11. The van der Waals surface area contributed by atoms with Crippen LogP contribution < -0.4 is 5.32 Å². The number of rotatable bonds is 4. The molecule has 1 N–H and O–H groups in total. The van der Waals surface area contributed by atoms with Crippen LogP contribution in [0.3, 0.4) is 0 Å². The van der Waals surface area contributed by atoms with Crippen molar-refractivity contribution in [2.45, 2.75) is 45.1 Å². The predicted molar refractivity (Wildman–Crippen MR) is 87.6 cm³/mol. The normalized spacial score (nSPS) is 15.0. The summed E-state index contributed by atoms with van der Waals surface area (Å²) in [5, 5.41) is 3.06. The molecule has 0 spiro atoms. The van der Waals surface area contributed by atoms with E-state index in [0.717, 1.165) is 17.5 Å². The number of aromatic nitrogens is 1. The second kappa shape index (κ2) is 6.73. The number of aryl methyl sites for hydroxylation is 2. The maximum atomic E-state index is 12.2. The molecule has 1 amide bonds. The fourth-order valence-electron chi connectivity index (χ4n) is 3.11. The number of hydrogen-bond donors (Lipinski definition) is 1. The van der Waals surface area contributed by atoms with E-state index >= 15 is 0 Å². The van der Waals surface area contributed by atoms with Crippen molar-refractivity contribution >= 4 is 5.91 Å². The first-order chi connectivity index (χ1) is 10.7. The van der Waals surface area contributed by atoms with Crippen molar-refractivity contribution in [1.82, 2.24) is 10.3 Å². The summed E-state index contributed by atoms with van der Waals surface area (Å²) >= 11 is 0. The Kier molecular flexibility index (Phi) is 4.52. The van der Waals surface area contributed by atoms with Crippen molar-refractivity contribution in [3.63, 3.8) is 0 Å². The third-order valence-electron chi connectivity index (χ3n) is 4.36. The third kappa shape index (κ3) is 3.53. The summed E-state index contributed by atoms with van der Waals surface area (Å²) in [5.74, 6) is 0.0695. The van der Waals surface area contributed by atoms with E-state index in [1.54, 1.807) is 12.4 Å². The summed E-state index contributed by atoms with van der Waals surface area (Å²) < 4.78 is 0. The SMILES string of the molecule is C[C@@H](NC(=O)Cc1ccc2c(c1)CCCC2)c1ccncc1. The predicted octanol–water partition coefficient (Wildman–Crippen LogP) is 3.38. The number of amides is 1. The first-order valence-corrected chi connectivity index (χ1v) is 8.02. The van der Waals surface area contributed by atoms with Crippen LogP contribution in [-0.2, 0) is 24.1 Å². The van der Waals surface area contributed by atoms with Crippen molar-refractivity contribution in [2.75, 3.05) is 0 Å². The summed E-state index contributed by atoms with van der Waals surface area (Å²) in [4.78, 5) is 16.2. The summed E-state index contributed by atoms with van der Waals surface area (Å²) in [6.07, 6.45) is 8.84. The Balaban J connectivity index is 1.62. The maximum Gasteiger partial charge on any atom is 0.224 e. The molecule has 0 unspecified atom stereocenters. The van der Waals surface area contributed by atoms with Crippen molar-refractivity contribution < 1.29 is 4.79 Å². The summed E-state index contributed by atoms with van der Waals surface area (Å²) in [7, 11) is 0. The van der Waals surface area contributed by atoms with Gasteiger partial charge in [0.15, 0.2) is 0 Å². The average Bonchev–Trinajstić information content (AvgIpc) is 2.55. The van der Waals surface area contributed by atoms with Gasteiger partial charge in [-0.25, -0.2) is 0 Å². The van der Waals surface area contributed by atoms with Crippen molar-refractivity contribution in [3.05, 3.63) is 65.0 Å². The Hall–Kier alpha value is -2.16. The average molecular weight is 294 g/mol. The molecule has 0 fully saturated rings. The zero-order chi connectivity index (χ0) is 15.4. The summed E-state index contributed by atoms with van der Waals surface area (Å²) in [5.41, 5.74) is 5.08. The molecule has 0 saturated heterocycles. The molecule has 3 nitrogen and oxygen atoms in total. The number of nitrogens with zero attached hydrogens (tertiary/aromatic N) is 1. The molecule has 1 heterocycles. The minimum absolute atomic E-state index is 0.00753. The number of carbonyl (C=O) groups excluding carboxylic acids is 1. The molecular formula is C19H22N2O. The smallest absolute Gasteiger partial charge is 0.224 e. The first-order valence-electron chi connectivity index (χ1n) is 8.02. The van der Waals surface area contributed by atoms with Gasteiger partial charge in [-0.3, -0.25) is 9.78 Å². The molecule has 1 aromatic carbocycles. The van der Waals surface area contributed by atoms with Crippen molar-refractivity contribution in [2.24, 2.45) is 0 Å². The molecule has 3 heteroatoms. The highest BCUT2D eigenvalue weighted by atomic mass is 16.1. The molecule has 2 aromatic rings. The monoisotopic (exact) mass is 294 g/mol.